The van der Waals surface area contributed by atoms with Gasteiger partial charge < -0.3 is 48.6 Å². The van der Waals surface area contributed by atoms with Crippen LogP contribution in [0, 0.1) is 17.0 Å². The summed E-state index contributed by atoms with van der Waals surface area (Å²) in [6.45, 7) is 19.1. The normalized spacial score (nSPS) is 16.3. The predicted molar refractivity (Wildman–Crippen MR) is 300 cm³/mol. The number of Topliss-reactive ketones (excluding diaryl/α,β-unsaturated/α-hetero) is 2. The third-order valence-corrected chi connectivity index (χ3v) is 15.1. The molecular formula is C64H78F2N2O10. The van der Waals surface area contributed by atoms with E-state index in [2.05, 4.69) is 57.5 Å². The average molecular weight is 1070 g/mol. The molecule has 4 heterocycles. The fourth-order valence-electron chi connectivity index (χ4n) is 10.3. The first-order valence-corrected chi connectivity index (χ1v) is 27.3. The van der Waals surface area contributed by atoms with E-state index in [4.69, 9.17) is 28.8 Å². The molecule has 78 heavy (non-hydrogen) atoms. The van der Waals surface area contributed by atoms with Crippen molar-refractivity contribution in [3.8, 4) is 23.0 Å². The first-order chi connectivity index (χ1) is 37.4. The molecule has 2 fully saturated rings. The minimum Gasteiger partial charge on any atom is -0.454 e. The summed E-state index contributed by atoms with van der Waals surface area (Å²) in [7, 11) is 1.00. The summed E-state index contributed by atoms with van der Waals surface area (Å²) < 4.78 is 59.0. The molecule has 0 amide bonds. The largest absolute Gasteiger partial charge is 0.454 e. The first-order valence-electron chi connectivity index (χ1n) is 27.3. The topological polar surface area (TPSA) is 155 Å². The zero-order chi connectivity index (χ0) is 56.4. The molecule has 0 bridgehead atoms. The van der Waals surface area contributed by atoms with Crippen LogP contribution in [0.2, 0.25) is 0 Å². The van der Waals surface area contributed by atoms with Crippen LogP contribution in [0.4, 0.5) is 14.5 Å². The summed E-state index contributed by atoms with van der Waals surface area (Å²) in [6, 6.07) is 30.5. The second-order valence-electron chi connectivity index (χ2n) is 22.4. The lowest BCUT2D eigenvalue weighted by atomic mass is 9.84. The van der Waals surface area contributed by atoms with Crippen molar-refractivity contribution in [1.82, 2.24) is 4.57 Å². The number of hydrogen-bond acceptors (Lipinski definition) is 11. The summed E-state index contributed by atoms with van der Waals surface area (Å²) in [6.07, 6.45) is 6.11. The number of fused-ring (bicyclic) bond motifs is 4. The molecule has 2 aliphatic carbocycles. The van der Waals surface area contributed by atoms with Crippen molar-refractivity contribution in [2.45, 2.75) is 149 Å². The molecule has 2 saturated carbocycles. The van der Waals surface area contributed by atoms with Crippen molar-refractivity contribution in [2.75, 3.05) is 39.2 Å². The van der Waals surface area contributed by atoms with Crippen LogP contribution in [-0.4, -0.2) is 72.6 Å². The Bertz CT molecular complexity index is 3040. The summed E-state index contributed by atoms with van der Waals surface area (Å²) in [5.74, 6) is 2.20. The third-order valence-electron chi connectivity index (χ3n) is 15.1. The smallest absolute Gasteiger partial charge is 0.231 e. The highest BCUT2D eigenvalue weighted by Crippen LogP contribution is 2.53. The molecule has 0 spiro atoms. The molecule has 5 aromatic carbocycles. The van der Waals surface area contributed by atoms with E-state index in [9.17, 15) is 23.9 Å². The number of nitrogens with one attached hydrogen (secondary N) is 1. The minimum atomic E-state index is -0.563. The van der Waals surface area contributed by atoms with Crippen molar-refractivity contribution in [3.63, 3.8) is 0 Å². The molecule has 1 unspecified atom stereocenters. The molecular weight excluding hydrogens is 995 g/mol. The number of carbonyl (C=O) groups is 3. The van der Waals surface area contributed by atoms with E-state index in [1.165, 1.54) is 0 Å². The van der Waals surface area contributed by atoms with E-state index < -0.39 is 10.8 Å². The van der Waals surface area contributed by atoms with Crippen LogP contribution in [0.25, 0.3) is 10.9 Å². The monoisotopic (exact) mass is 1070 g/mol. The third kappa shape index (κ3) is 13.4. The van der Waals surface area contributed by atoms with Crippen LogP contribution >= 0.6 is 0 Å². The van der Waals surface area contributed by atoms with Crippen molar-refractivity contribution >= 4 is 34.4 Å². The molecule has 1 atom stereocenters. The van der Waals surface area contributed by atoms with Gasteiger partial charge in [0.15, 0.2) is 23.0 Å². The highest BCUT2D eigenvalue weighted by molar-refractivity contribution is 5.96. The molecule has 14 heteroatoms. The summed E-state index contributed by atoms with van der Waals surface area (Å²) in [5, 5.41) is 20.7. The summed E-state index contributed by atoms with van der Waals surface area (Å²) in [5.41, 5.74) is 6.67. The molecule has 0 radical (unpaired) electrons. The zero-order valence-electron chi connectivity index (χ0n) is 46.9. The van der Waals surface area contributed by atoms with E-state index in [-0.39, 0.29) is 73.1 Å². The van der Waals surface area contributed by atoms with Gasteiger partial charge in [0.2, 0.25) is 13.6 Å². The molecule has 3 aliphatic heterocycles. The van der Waals surface area contributed by atoms with E-state index in [1.807, 2.05) is 92.7 Å². The van der Waals surface area contributed by atoms with Gasteiger partial charge in [-0.2, -0.15) is 0 Å². The summed E-state index contributed by atoms with van der Waals surface area (Å²) >= 11 is 0. The van der Waals surface area contributed by atoms with Gasteiger partial charge >= 0.3 is 0 Å². The van der Waals surface area contributed by atoms with Gasteiger partial charge in [0, 0.05) is 67.7 Å². The number of ketones is 2. The Kier molecular flexibility index (Phi) is 19.3. The lowest BCUT2D eigenvalue weighted by molar-refractivity contribution is -0.121. The molecule has 418 valence electrons. The van der Waals surface area contributed by atoms with Crippen LogP contribution < -0.4 is 24.3 Å². The zero-order valence-corrected chi connectivity index (χ0v) is 46.9. The number of halogens is 2. The Hall–Kier alpha value is -6.61. The highest BCUT2D eigenvalue weighted by Gasteiger charge is 2.52. The highest BCUT2D eigenvalue weighted by atomic mass is 19.1. The van der Waals surface area contributed by atoms with E-state index >= 15 is 4.39 Å². The van der Waals surface area contributed by atoms with Crippen LogP contribution in [0.15, 0.2) is 97.1 Å². The Labute approximate surface area is 458 Å². The number of anilines is 1. The van der Waals surface area contributed by atoms with Gasteiger partial charge in [-0.05, 0) is 126 Å². The number of ether oxygens (including phenoxy) is 5. The molecule has 3 N–H and O–H groups in total. The van der Waals surface area contributed by atoms with Crippen molar-refractivity contribution in [2.24, 2.45) is 5.41 Å². The maximum absolute atomic E-state index is 15.2. The number of aryl methyl sites for hydroxylation is 1. The molecule has 5 aliphatic rings. The number of aliphatic hydroxyl groups is 2. The van der Waals surface area contributed by atoms with Gasteiger partial charge in [-0.15, -0.1) is 0 Å². The van der Waals surface area contributed by atoms with Gasteiger partial charge in [-0.25, -0.2) is 8.78 Å². The Morgan fingerprint density at radius 2 is 1.27 bits per heavy atom. The number of carbonyl (C=O) groups excluding carboxylic acids is 3. The summed E-state index contributed by atoms with van der Waals surface area (Å²) in [4.78, 5) is 36.5. The number of rotatable bonds is 16. The van der Waals surface area contributed by atoms with Gasteiger partial charge in [0.25, 0.3) is 0 Å². The lowest BCUT2D eigenvalue weighted by Crippen LogP contribution is -2.31. The van der Waals surface area contributed by atoms with Crippen molar-refractivity contribution in [1.29, 1.82) is 0 Å². The van der Waals surface area contributed by atoms with Gasteiger partial charge in [0.1, 0.15) is 29.5 Å². The van der Waals surface area contributed by atoms with Crippen LogP contribution in [-0.2, 0) is 67.8 Å². The molecule has 0 saturated heterocycles. The van der Waals surface area contributed by atoms with E-state index in [1.54, 1.807) is 12.1 Å². The maximum atomic E-state index is 15.2. The number of aromatic nitrogens is 1. The van der Waals surface area contributed by atoms with Gasteiger partial charge in [0.05, 0.1) is 29.6 Å². The number of aldehydes is 1. The van der Waals surface area contributed by atoms with E-state index in [0.717, 1.165) is 90.0 Å². The van der Waals surface area contributed by atoms with E-state index in [0.29, 0.717) is 66.7 Å². The molecule has 6 aromatic rings. The van der Waals surface area contributed by atoms with Gasteiger partial charge in [-0.3, -0.25) is 9.59 Å². The van der Waals surface area contributed by atoms with Crippen molar-refractivity contribution in [3.05, 3.63) is 148 Å². The van der Waals surface area contributed by atoms with Crippen LogP contribution in [0.1, 0.15) is 133 Å². The number of hydrogen-bond donors (Lipinski definition) is 3. The molecule has 12 nitrogen and oxygen atoms in total. The van der Waals surface area contributed by atoms with Crippen LogP contribution in [0.3, 0.4) is 0 Å². The SMILES string of the molecule is CC.CC(C)(C)C1Cc2cc(CC(=O)C3(c4ccc5c(c4)OCO5)CC3)c(F)cc2N1.CC(C)(C)c1cc2cc(CC(=O)C3(c4ccc5c(c4)OCO5)CC3)c(F)cc2n1CCCO.CO.O=CCCOCc1ccccc1. The Morgan fingerprint density at radius 3 is 1.78 bits per heavy atom. The quantitative estimate of drug-likeness (QED) is 0.0627. The molecule has 11 rings (SSSR count). The minimum absolute atomic E-state index is 0.0374. The average Bonchev–Trinajstić information content (AvgIpc) is 4.38. The molecule has 1 aromatic heterocycles. The Morgan fingerprint density at radius 1 is 0.731 bits per heavy atom. The van der Waals surface area contributed by atoms with Crippen LogP contribution in [0.5, 0.6) is 23.0 Å². The second-order valence-corrected chi connectivity index (χ2v) is 22.4. The van der Waals surface area contributed by atoms with Crippen molar-refractivity contribution < 1.29 is 57.1 Å². The Balaban J connectivity index is 0.000000179. The number of aliphatic hydroxyl groups excluding tert-OH is 2. The second kappa shape index (κ2) is 25.5. The fourth-order valence-corrected chi connectivity index (χ4v) is 10.3. The lowest BCUT2D eigenvalue weighted by Gasteiger charge is -2.27. The number of benzene rings is 5. The maximum Gasteiger partial charge on any atom is 0.231 e. The standard InChI is InChI=1S/C27H30FNO4.C24H26FNO3.C10H12O2.C2H6.CH4O/c1-26(2,3)24-12-18-11-17(20(28)15-21(18)29(24)9-4-10-30)13-25(31)27(7-8-27)19-5-6-22-23(14-19)33-16-32-22;1-23(2,3)21-9-15-8-14(17(25)12-18(15)26-21)10-22(27)24(6-7-24)16-4-5-19-20(11-16)29-13-28-19;11-7-4-8-12-9-10-5-2-1-3-6-10;2*1-2/h5-6,11-12,14-15,30H,4,7-10,13,16H2,1-3H3;4-5,8,11-12,21,26H,6-7,9-10,13H2,1-3H3;1-3,5-7H,4,8-9H2;1-2H3;2H,1H3. The van der Waals surface area contributed by atoms with Gasteiger partial charge in [-0.1, -0.05) is 104 Å². The predicted octanol–water partition coefficient (Wildman–Crippen LogP) is 12.2. The number of nitrogens with zero attached hydrogens (tertiary/aromatic N) is 1. The first kappa shape index (κ1) is 59.1. The fraction of sp³-hybridized carbons (Fsp3) is 0.453.